The third-order valence-corrected chi connectivity index (χ3v) is 5.04. The largest absolute Gasteiger partial charge is 0.330 e. The molecule has 2 rings (SSSR count). The highest BCUT2D eigenvalue weighted by molar-refractivity contribution is 7.11. The van der Waals surface area contributed by atoms with Crippen LogP contribution < -0.4 is 11.1 Å². The molecule has 1 aliphatic rings. The summed E-state index contributed by atoms with van der Waals surface area (Å²) >= 11 is 1.78. The molecule has 0 spiro atoms. The lowest BCUT2D eigenvalue weighted by Crippen LogP contribution is -2.35. The van der Waals surface area contributed by atoms with Crippen molar-refractivity contribution in [2.75, 3.05) is 13.1 Å². The van der Waals surface area contributed by atoms with Gasteiger partial charge in [-0.3, -0.25) is 0 Å². The second kappa shape index (κ2) is 6.64. The molecule has 102 valence electrons. The van der Waals surface area contributed by atoms with Crippen molar-refractivity contribution in [3.63, 3.8) is 0 Å². The van der Waals surface area contributed by atoms with E-state index in [1.807, 2.05) is 6.20 Å². The van der Waals surface area contributed by atoms with Crippen molar-refractivity contribution < 1.29 is 0 Å². The highest BCUT2D eigenvalue weighted by Crippen LogP contribution is 2.37. The fourth-order valence-corrected chi connectivity index (χ4v) is 3.65. The molecule has 0 radical (unpaired) electrons. The Balaban J connectivity index is 1.70. The summed E-state index contributed by atoms with van der Waals surface area (Å²) in [5.41, 5.74) is 6.42. The van der Waals surface area contributed by atoms with E-state index >= 15 is 0 Å². The summed E-state index contributed by atoms with van der Waals surface area (Å²) in [7, 11) is 0. The number of hydrogen-bond acceptors (Lipinski definition) is 4. The zero-order valence-corrected chi connectivity index (χ0v) is 12.2. The van der Waals surface area contributed by atoms with E-state index in [9.17, 15) is 0 Å². The van der Waals surface area contributed by atoms with E-state index in [1.165, 1.54) is 48.4 Å². The number of nitrogens with one attached hydrogen (secondary N) is 1. The average molecular weight is 267 g/mol. The van der Waals surface area contributed by atoms with Gasteiger partial charge in [-0.1, -0.05) is 19.3 Å². The van der Waals surface area contributed by atoms with E-state index in [2.05, 4.69) is 17.2 Å². The predicted octanol–water partition coefficient (Wildman–Crippen LogP) is 2.84. The Morgan fingerprint density at radius 1 is 1.39 bits per heavy atom. The monoisotopic (exact) mass is 267 g/mol. The minimum atomic E-state index is 0.421. The Labute approximate surface area is 114 Å². The molecule has 1 heterocycles. The maximum Gasteiger partial charge on any atom is 0.107 e. The molecule has 0 aromatic carbocycles. The molecule has 1 saturated carbocycles. The van der Waals surface area contributed by atoms with Crippen LogP contribution in [0, 0.1) is 12.3 Å². The lowest BCUT2D eigenvalue weighted by atomic mass is 9.72. The molecule has 1 fully saturated rings. The summed E-state index contributed by atoms with van der Waals surface area (Å²) in [6.07, 6.45) is 9.93. The smallest absolute Gasteiger partial charge is 0.107 e. The second-order valence-corrected chi connectivity index (χ2v) is 6.88. The first-order chi connectivity index (χ1) is 8.74. The fourth-order valence-electron chi connectivity index (χ4n) is 2.89. The van der Waals surface area contributed by atoms with Gasteiger partial charge in [-0.05, 0) is 44.7 Å². The molecule has 0 saturated heterocycles. The topological polar surface area (TPSA) is 50.9 Å². The van der Waals surface area contributed by atoms with Crippen LogP contribution in [-0.4, -0.2) is 18.1 Å². The van der Waals surface area contributed by atoms with Gasteiger partial charge >= 0.3 is 0 Å². The molecule has 0 unspecified atom stereocenters. The van der Waals surface area contributed by atoms with Crippen molar-refractivity contribution in [3.05, 3.63) is 16.1 Å². The predicted molar refractivity (Wildman–Crippen MR) is 77.7 cm³/mol. The molecule has 1 aromatic rings. The average Bonchev–Trinajstić information content (AvgIpc) is 2.82. The normalized spacial score (nSPS) is 19.0. The molecular weight excluding hydrogens is 242 g/mol. The van der Waals surface area contributed by atoms with E-state index in [1.54, 1.807) is 11.3 Å². The van der Waals surface area contributed by atoms with E-state index in [-0.39, 0.29) is 0 Å². The standard InChI is InChI=1S/C14H25N3S/c1-12-9-17-13(18-12)10-16-8-7-14(11-15)5-3-2-4-6-14/h9,16H,2-8,10-11,15H2,1H3. The van der Waals surface area contributed by atoms with Crippen LogP contribution >= 0.6 is 11.3 Å². The van der Waals surface area contributed by atoms with Gasteiger partial charge < -0.3 is 11.1 Å². The van der Waals surface area contributed by atoms with Gasteiger partial charge in [0, 0.05) is 17.6 Å². The highest BCUT2D eigenvalue weighted by atomic mass is 32.1. The third-order valence-electron chi connectivity index (χ3n) is 4.12. The van der Waals surface area contributed by atoms with Gasteiger partial charge in [-0.15, -0.1) is 11.3 Å². The van der Waals surface area contributed by atoms with E-state index < -0.39 is 0 Å². The summed E-state index contributed by atoms with van der Waals surface area (Å²) in [6, 6.07) is 0. The number of rotatable bonds is 6. The number of aromatic nitrogens is 1. The lowest BCUT2D eigenvalue weighted by molar-refractivity contribution is 0.181. The van der Waals surface area contributed by atoms with Crippen LogP contribution in [0.15, 0.2) is 6.20 Å². The van der Waals surface area contributed by atoms with Crippen LogP contribution in [0.2, 0.25) is 0 Å². The molecule has 3 N–H and O–H groups in total. The fraction of sp³-hybridized carbons (Fsp3) is 0.786. The zero-order chi connectivity index (χ0) is 12.8. The molecule has 1 aromatic heterocycles. The van der Waals surface area contributed by atoms with Gasteiger partial charge in [0.15, 0.2) is 0 Å². The van der Waals surface area contributed by atoms with Gasteiger partial charge in [0.25, 0.3) is 0 Å². The number of nitrogens with two attached hydrogens (primary N) is 1. The minimum Gasteiger partial charge on any atom is -0.330 e. The van der Waals surface area contributed by atoms with Crippen LogP contribution in [0.1, 0.15) is 48.4 Å². The first kappa shape index (κ1) is 14.0. The Hall–Kier alpha value is -0.450. The summed E-state index contributed by atoms with van der Waals surface area (Å²) < 4.78 is 0. The minimum absolute atomic E-state index is 0.421. The van der Waals surface area contributed by atoms with Crippen molar-refractivity contribution in [3.8, 4) is 0 Å². The molecule has 0 bridgehead atoms. The van der Waals surface area contributed by atoms with Gasteiger partial charge in [-0.25, -0.2) is 4.98 Å². The Morgan fingerprint density at radius 2 is 2.17 bits per heavy atom. The summed E-state index contributed by atoms with van der Waals surface area (Å²) in [6.45, 7) is 4.92. The Kier molecular flexibility index (Phi) is 5.15. The van der Waals surface area contributed by atoms with Crippen molar-refractivity contribution in [1.82, 2.24) is 10.3 Å². The van der Waals surface area contributed by atoms with Crippen LogP contribution in [0.4, 0.5) is 0 Å². The first-order valence-electron chi connectivity index (χ1n) is 7.06. The quantitative estimate of drug-likeness (QED) is 0.779. The molecule has 3 nitrogen and oxygen atoms in total. The highest BCUT2D eigenvalue weighted by Gasteiger charge is 2.29. The molecule has 1 aliphatic carbocycles. The van der Waals surface area contributed by atoms with Crippen LogP contribution in [0.25, 0.3) is 0 Å². The molecule has 0 amide bonds. The van der Waals surface area contributed by atoms with Gasteiger partial charge in [0.1, 0.15) is 5.01 Å². The maximum atomic E-state index is 6.00. The van der Waals surface area contributed by atoms with Crippen molar-refractivity contribution in [1.29, 1.82) is 0 Å². The van der Waals surface area contributed by atoms with Crippen LogP contribution in [-0.2, 0) is 6.54 Å². The number of nitrogens with zero attached hydrogens (tertiary/aromatic N) is 1. The number of hydrogen-bond donors (Lipinski definition) is 2. The van der Waals surface area contributed by atoms with Gasteiger partial charge in [0.2, 0.25) is 0 Å². The van der Waals surface area contributed by atoms with Crippen molar-refractivity contribution in [2.24, 2.45) is 11.1 Å². The van der Waals surface area contributed by atoms with Crippen LogP contribution in [0.5, 0.6) is 0 Å². The second-order valence-electron chi connectivity index (χ2n) is 5.56. The van der Waals surface area contributed by atoms with Crippen molar-refractivity contribution in [2.45, 2.75) is 52.0 Å². The first-order valence-corrected chi connectivity index (χ1v) is 7.88. The maximum absolute atomic E-state index is 6.00. The van der Waals surface area contributed by atoms with Crippen molar-refractivity contribution >= 4 is 11.3 Å². The third kappa shape index (κ3) is 3.77. The summed E-state index contributed by atoms with van der Waals surface area (Å²) in [4.78, 5) is 5.66. The number of thiazole rings is 1. The SMILES string of the molecule is Cc1cnc(CNCCC2(CN)CCCCC2)s1. The Bertz CT molecular complexity index is 356. The van der Waals surface area contributed by atoms with E-state index in [0.717, 1.165) is 19.6 Å². The van der Waals surface area contributed by atoms with E-state index in [0.29, 0.717) is 5.41 Å². The van der Waals surface area contributed by atoms with Gasteiger partial charge in [-0.2, -0.15) is 0 Å². The Morgan fingerprint density at radius 3 is 2.78 bits per heavy atom. The van der Waals surface area contributed by atoms with Gasteiger partial charge in [0.05, 0.1) is 0 Å². The molecule has 4 heteroatoms. The number of aryl methyl sites for hydroxylation is 1. The van der Waals surface area contributed by atoms with Crippen LogP contribution in [0.3, 0.4) is 0 Å². The summed E-state index contributed by atoms with van der Waals surface area (Å²) in [5, 5.41) is 4.71. The summed E-state index contributed by atoms with van der Waals surface area (Å²) in [5.74, 6) is 0. The molecule has 18 heavy (non-hydrogen) atoms. The zero-order valence-electron chi connectivity index (χ0n) is 11.4. The molecule has 0 aliphatic heterocycles. The van der Waals surface area contributed by atoms with E-state index in [4.69, 9.17) is 5.73 Å². The molecular formula is C14H25N3S. The lowest BCUT2D eigenvalue weighted by Gasteiger charge is -2.36. The molecule has 0 atom stereocenters.